The monoisotopic (exact) mass is 619 g/mol. The van der Waals surface area contributed by atoms with Gasteiger partial charge in [0, 0.05) is 23.6 Å². The number of hydrogen-bond acceptors (Lipinski definition) is 5. The highest BCUT2D eigenvalue weighted by Crippen LogP contribution is 2.48. The molecule has 0 unspecified atom stereocenters. The molecule has 2 aromatic rings. The molecule has 226 valence electrons. The van der Waals surface area contributed by atoms with Crippen molar-refractivity contribution in [3.63, 3.8) is 0 Å². The number of aryl methyl sites for hydroxylation is 1. The van der Waals surface area contributed by atoms with Gasteiger partial charge in [-0.3, -0.25) is 9.69 Å². The molecule has 4 atom stereocenters. The molecule has 6 nitrogen and oxygen atoms in total. The van der Waals surface area contributed by atoms with Gasteiger partial charge in [0.1, 0.15) is 17.6 Å². The lowest BCUT2D eigenvalue weighted by Crippen LogP contribution is -2.47. The van der Waals surface area contributed by atoms with Gasteiger partial charge in [-0.05, 0) is 101 Å². The van der Waals surface area contributed by atoms with Gasteiger partial charge in [-0.2, -0.15) is 0 Å². The van der Waals surface area contributed by atoms with E-state index in [0.717, 1.165) is 75.2 Å². The highest BCUT2D eigenvalue weighted by molar-refractivity contribution is 5.86. The van der Waals surface area contributed by atoms with Crippen LogP contribution < -0.4 is 0 Å². The summed E-state index contributed by atoms with van der Waals surface area (Å²) in [5.41, 5.74) is 3.68. The maximum absolute atomic E-state index is 14.2. The summed E-state index contributed by atoms with van der Waals surface area (Å²) >= 11 is 0. The zero-order chi connectivity index (χ0) is 26.3. The van der Waals surface area contributed by atoms with Crippen molar-refractivity contribution in [1.82, 2.24) is 15.0 Å². The van der Waals surface area contributed by atoms with Crippen molar-refractivity contribution >= 4 is 43.2 Å². The van der Waals surface area contributed by atoms with Crippen molar-refractivity contribution in [2.75, 3.05) is 26.7 Å². The van der Waals surface area contributed by atoms with Crippen LogP contribution in [0.4, 0.5) is 4.39 Å². The van der Waals surface area contributed by atoms with Gasteiger partial charge in [-0.1, -0.05) is 38.1 Å². The average molecular weight is 621 g/mol. The van der Waals surface area contributed by atoms with Crippen LogP contribution in [-0.4, -0.2) is 64.8 Å². The van der Waals surface area contributed by atoms with Crippen LogP contribution in [0.5, 0.6) is 0 Å². The lowest BCUT2D eigenvalue weighted by Gasteiger charge is -2.40. The molecule has 0 amide bonds. The summed E-state index contributed by atoms with van der Waals surface area (Å²) in [6, 6.07) is 6.68. The number of fused-ring (bicyclic) bond motifs is 2. The molecule has 2 heterocycles. The highest BCUT2D eigenvalue weighted by Gasteiger charge is 2.47. The smallest absolute Gasteiger partial charge is 0.321 e. The van der Waals surface area contributed by atoms with Crippen LogP contribution >= 0.6 is 37.2 Å². The fraction of sp³-hybridized carbons (Fsp3) is 0.667. The Morgan fingerprint density at radius 3 is 2.50 bits per heavy atom. The number of carboxylic acid groups (broad SMARTS) is 1. The largest absolute Gasteiger partial charge is 0.480 e. The van der Waals surface area contributed by atoms with E-state index in [9.17, 15) is 14.3 Å². The van der Waals surface area contributed by atoms with Gasteiger partial charge in [-0.15, -0.1) is 37.2 Å². The maximum atomic E-state index is 14.2. The number of rotatable bonds is 8. The molecule has 0 bridgehead atoms. The third kappa shape index (κ3) is 6.64. The second-order valence-corrected chi connectivity index (χ2v) is 12.1. The van der Waals surface area contributed by atoms with Crippen molar-refractivity contribution < 1.29 is 18.8 Å². The number of benzene rings is 1. The van der Waals surface area contributed by atoms with Crippen molar-refractivity contribution in [3.8, 4) is 0 Å². The SMILES string of the molecule is CCc1noc2c1CCC21CCN(C[C@H]2C[C@H](N(C)[C@@H](C(=O)O)C(C)C)C[C@@H]2c2cccc(F)c2)CC1.Cl.Cl.Cl. The van der Waals surface area contributed by atoms with Gasteiger partial charge in [-0.25, -0.2) is 4.39 Å². The summed E-state index contributed by atoms with van der Waals surface area (Å²) in [6.45, 7) is 9.11. The van der Waals surface area contributed by atoms with E-state index in [1.54, 1.807) is 12.1 Å². The van der Waals surface area contributed by atoms with Gasteiger partial charge < -0.3 is 14.5 Å². The molecule has 40 heavy (non-hydrogen) atoms. The van der Waals surface area contributed by atoms with E-state index >= 15 is 0 Å². The Bertz CT molecular complexity index is 1120. The Balaban J connectivity index is 0.00000187. The molecule has 1 saturated carbocycles. The number of carbonyl (C=O) groups is 1. The molecule has 1 N–H and O–H groups in total. The second-order valence-electron chi connectivity index (χ2n) is 12.1. The zero-order valence-electron chi connectivity index (χ0n) is 24.0. The normalized spacial score (nSPS) is 24.3. The third-order valence-electron chi connectivity index (χ3n) is 9.69. The van der Waals surface area contributed by atoms with E-state index in [4.69, 9.17) is 4.52 Å². The van der Waals surface area contributed by atoms with Gasteiger partial charge in [0.15, 0.2) is 0 Å². The molecule has 2 fully saturated rings. The fourth-order valence-electron chi connectivity index (χ4n) is 7.68. The number of nitrogens with zero attached hydrogens (tertiary/aromatic N) is 3. The minimum atomic E-state index is -0.765. The first-order valence-electron chi connectivity index (χ1n) is 14.1. The minimum Gasteiger partial charge on any atom is -0.480 e. The number of aromatic nitrogens is 1. The quantitative estimate of drug-likeness (QED) is 0.362. The summed E-state index contributed by atoms with van der Waals surface area (Å²) in [5.74, 6) is 0.792. The first-order valence-corrected chi connectivity index (χ1v) is 14.1. The third-order valence-corrected chi connectivity index (χ3v) is 9.69. The van der Waals surface area contributed by atoms with Crippen LogP contribution in [0.1, 0.15) is 81.4 Å². The molecule has 1 aromatic carbocycles. The summed E-state index contributed by atoms with van der Waals surface area (Å²) in [7, 11) is 1.96. The molecule has 2 aliphatic carbocycles. The molecule has 5 rings (SSSR count). The Morgan fingerprint density at radius 2 is 1.90 bits per heavy atom. The lowest BCUT2D eigenvalue weighted by atomic mass is 9.76. The van der Waals surface area contributed by atoms with E-state index in [1.165, 1.54) is 18.1 Å². The maximum Gasteiger partial charge on any atom is 0.321 e. The Morgan fingerprint density at radius 1 is 1.20 bits per heavy atom. The topological polar surface area (TPSA) is 69.8 Å². The Labute approximate surface area is 256 Å². The molecule has 1 aromatic heterocycles. The standard InChI is InChI=1S/C30H42FN3O3.3ClH/c1-5-26-24-9-10-30(28(24)37-32-26)11-13-34(14-12-30)18-21-16-23(33(4)27(19(2)3)29(35)36)17-25(21)20-7-6-8-22(31)15-20;;;/h6-8,15,19,21,23,25,27H,5,9-14,16-18H2,1-4H3,(H,35,36);3*1H/t21-,23+,25-,27-;;;/m1.../s1. The number of piperidine rings is 1. The van der Waals surface area contributed by atoms with E-state index < -0.39 is 12.0 Å². The molecule has 3 aliphatic rings. The van der Waals surface area contributed by atoms with Gasteiger partial charge in [0.25, 0.3) is 0 Å². The number of hydrogen-bond donors (Lipinski definition) is 1. The van der Waals surface area contributed by atoms with E-state index in [2.05, 4.69) is 21.9 Å². The zero-order valence-corrected chi connectivity index (χ0v) is 26.4. The second kappa shape index (κ2) is 14.2. The van der Waals surface area contributed by atoms with E-state index in [-0.39, 0.29) is 66.3 Å². The molecule has 1 aliphatic heterocycles. The van der Waals surface area contributed by atoms with Crippen molar-refractivity contribution in [3.05, 3.63) is 52.7 Å². The molecule has 1 spiro atoms. The van der Waals surface area contributed by atoms with Gasteiger partial charge in [0.2, 0.25) is 0 Å². The van der Waals surface area contributed by atoms with Crippen LogP contribution in [0.3, 0.4) is 0 Å². The van der Waals surface area contributed by atoms with Crippen LogP contribution in [0.25, 0.3) is 0 Å². The first kappa shape index (κ1) is 34.8. The van der Waals surface area contributed by atoms with E-state index in [1.807, 2.05) is 27.0 Å². The Kier molecular flexibility index (Phi) is 12.4. The lowest BCUT2D eigenvalue weighted by molar-refractivity contribution is -0.145. The predicted molar refractivity (Wildman–Crippen MR) is 163 cm³/mol. The number of carboxylic acids is 1. The van der Waals surface area contributed by atoms with Gasteiger partial charge >= 0.3 is 5.97 Å². The number of likely N-dealkylation sites (tertiary alicyclic amines) is 1. The average Bonchev–Trinajstić information content (AvgIpc) is 3.56. The molecule has 0 radical (unpaired) electrons. The summed E-state index contributed by atoms with van der Waals surface area (Å²) in [5, 5.41) is 14.3. The van der Waals surface area contributed by atoms with Crippen LogP contribution in [0.2, 0.25) is 0 Å². The Hall–Kier alpha value is -1.38. The first-order chi connectivity index (χ1) is 17.7. The fourth-order valence-corrected chi connectivity index (χ4v) is 7.68. The minimum absolute atomic E-state index is 0. The van der Waals surface area contributed by atoms with Crippen LogP contribution in [0.15, 0.2) is 28.8 Å². The van der Waals surface area contributed by atoms with Crippen LogP contribution in [-0.2, 0) is 23.1 Å². The van der Waals surface area contributed by atoms with Crippen molar-refractivity contribution in [1.29, 1.82) is 0 Å². The van der Waals surface area contributed by atoms with E-state index in [0.29, 0.717) is 5.92 Å². The number of aliphatic carboxylic acids is 1. The van der Waals surface area contributed by atoms with Crippen LogP contribution in [0, 0.1) is 17.7 Å². The summed E-state index contributed by atoms with van der Waals surface area (Å²) in [4.78, 5) is 16.7. The molecular formula is C30H45Cl3FN3O3. The van der Waals surface area contributed by atoms with Crippen molar-refractivity contribution in [2.24, 2.45) is 11.8 Å². The number of halogens is 4. The summed E-state index contributed by atoms with van der Waals surface area (Å²) in [6.07, 6.45) is 7.15. The van der Waals surface area contributed by atoms with Gasteiger partial charge in [0.05, 0.1) is 5.69 Å². The highest BCUT2D eigenvalue weighted by atomic mass is 35.5. The molecular weight excluding hydrogens is 576 g/mol. The molecule has 1 saturated heterocycles. The number of likely N-dealkylation sites (N-methyl/N-ethyl adjacent to an activating group) is 1. The summed E-state index contributed by atoms with van der Waals surface area (Å²) < 4.78 is 20.1. The van der Waals surface area contributed by atoms with Crippen molar-refractivity contribution in [2.45, 2.75) is 89.1 Å². The molecule has 10 heteroatoms. The predicted octanol–water partition coefficient (Wildman–Crippen LogP) is 6.52.